The highest BCUT2D eigenvalue weighted by Gasteiger charge is 2.44. The zero-order chi connectivity index (χ0) is 35.7. The summed E-state index contributed by atoms with van der Waals surface area (Å²) in [7, 11) is 1.25. The van der Waals surface area contributed by atoms with Crippen LogP contribution in [0.1, 0.15) is 49.6 Å². The smallest absolute Gasteiger partial charge is 0.422 e. The molecule has 2 aliphatic rings. The second kappa shape index (κ2) is 17.0. The van der Waals surface area contributed by atoms with Gasteiger partial charge in [-0.05, 0) is 53.5 Å². The van der Waals surface area contributed by atoms with Gasteiger partial charge in [-0.15, -0.1) is 0 Å². The number of pyridine rings is 1. The number of fused-ring (bicyclic) bond motifs is 1. The van der Waals surface area contributed by atoms with Crippen molar-refractivity contribution >= 4 is 18.0 Å². The molecular formula is C38H48N4O8. The molecule has 50 heavy (non-hydrogen) atoms. The summed E-state index contributed by atoms with van der Waals surface area (Å²) in [4.78, 5) is 44.1. The van der Waals surface area contributed by atoms with E-state index in [0.29, 0.717) is 12.3 Å². The second-order valence-corrected chi connectivity index (χ2v) is 14.0. The van der Waals surface area contributed by atoms with Gasteiger partial charge in [0.2, 0.25) is 5.91 Å². The highest BCUT2D eigenvalue weighted by atomic mass is 16.7. The molecule has 12 heteroatoms. The summed E-state index contributed by atoms with van der Waals surface area (Å²) >= 11 is 0. The Morgan fingerprint density at radius 3 is 2.36 bits per heavy atom. The third kappa shape index (κ3) is 10.1. The van der Waals surface area contributed by atoms with Crippen LogP contribution in [0.2, 0.25) is 0 Å². The lowest BCUT2D eigenvalue weighted by Crippen LogP contribution is -2.55. The van der Waals surface area contributed by atoms with E-state index in [0.717, 1.165) is 24.0 Å². The SMILES string of the molecule is COC(=O)C(C(=O)NC(Cc1ccc(Cc2ccccc2)cc1)C(O)CN(Cc1ccccn1)NC(=O)OC1COC2OCCC12)C(C)(C)C. The van der Waals surface area contributed by atoms with Crippen molar-refractivity contribution in [2.75, 3.05) is 26.9 Å². The van der Waals surface area contributed by atoms with E-state index in [1.165, 1.54) is 17.7 Å². The second-order valence-electron chi connectivity index (χ2n) is 14.0. The Kier molecular flexibility index (Phi) is 12.6. The molecule has 0 radical (unpaired) electrons. The molecule has 2 amide bonds. The van der Waals surface area contributed by atoms with Gasteiger partial charge in [-0.2, -0.15) is 0 Å². The molecule has 12 nitrogen and oxygen atoms in total. The van der Waals surface area contributed by atoms with Crippen LogP contribution in [0.15, 0.2) is 79.0 Å². The van der Waals surface area contributed by atoms with Crippen molar-refractivity contribution < 1.29 is 38.4 Å². The molecule has 2 saturated heterocycles. The number of ether oxygens (including phenoxy) is 4. The number of carbonyl (C=O) groups excluding carboxylic acids is 3. The summed E-state index contributed by atoms with van der Waals surface area (Å²) in [6.45, 7) is 6.17. The Morgan fingerprint density at radius 1 is 0.980 bits per heavy atom. The normalized spacial score (nSPS) is 20.4. The molecule has 2 aromatic carbocycles. The molecule has 5 rings (SSSR count). The average molecular weight is 689 g/mol. The van der Waals surface area contributed by atoms with E-state index in [9.17, 15) is 19.5 Å². The number of amides is 2. The average Bonchev–Trinajstić information content (AvgIpc) is 3.71. The number of aliphatic hydroxyl groups excluding tert-OH is 1. The number of hydrogen-bond donors (Lipinski definition) is 3. The molecule has 0 aliphatic carbocycles. The van der Waals surface area contributed by atoms with Crippen molar-refractivity contribution in [2.45, 2.75) is 71.1 Å². The number of aliphatic hydroxyl groups is 1. The van der Waals surface area contributed by atoms with Crippen molar-refractivity contribution in [3.63, 3.8) is 0 Å². The maximum absolute atomic E-state index is 13.7. The van der Waals surface area contributed by atoms with Gasteiger partial charge in [-0.25, -0.2) is 9.80 Å². The minimum atomic E-state index is -1.20. The van der Waals surface area contributed by atoms with E-state index in [4.69, 9.17) is 18.9 Å². The Hall–Kier alpha value is -4.36. The molecule has 3 heterocycles. The summed E-state index contributed by atoms with van der Waals surface area (Å²) in [5.41, 5.74) is 5.83. The molecule has 3 aromatic rings. The van der Waals surface area contributed by atoms with Crippen molar-refractivity contribution in [3.8, 4) is 0 Å². The fraction of sp³-hybridized carbons (Fsp3) is 0.474. The van der Waals surface area contributed by atoms with Crippen molar-refractivity contribution in [1.82, 2.24) is 20.7 Å². The predicted molar refractivity (Wildman–Crippen MR) is 184 cm³/mol. The lowest BCUT2D eigenvalue weighted by Gasteiger charge is -2.33. The molecule has 268 valence electrons. The molecule has 6 atom stereocenters. The zero-order valence-electron chi connectivity index (χ0n) is 29.1. The van der Waals surface area contributed by atoms with Crippen molar-refractivity contribution in [2.24, 2.45) is 17.3 Å². The fourth-order valence-electron chi connectivity index (χ4n) is 6.43. The lowest BCUT2D eigenvalue weighted by atomic mass is 9.80. The largest absolute Gasteiger partial charge is 0.468 e. The number of hydrazine groups is 1. The molecule has 0 saturated carbocycles. The van der Waals surface area contributed by atoms with Gasteiger partial charge < -0.3 is 29.4 Å². The van der Waals surface area contributed by atoms with Gasteiger partial charge in [-0.3, -0.25) is 20.0 Å². The van der Waals surface area contributed by atoms with Crippen LogP contribution in [0.3, 0.4) is 0 Å². The zero-order valence-corrected chi connectivity index (χ0v) is 29.1. The van der Waals surface area contributed by atoms with Gasteiger partial charge in [0.1, 0.15) is 12.0 Å². The quantitative estimate of drug-likeness (QED) is 0.130. The number of esters is 1. The highest BCUT2D eigenvalue weighted by Crippen LogP contribution is 2.33. The van der Waals surface area contributed by atoms with Crippen LogP contribution in [-0.2, 0) is 47.9 Å². The van der Waals surface area contributed by atoms with Gasteiger partial charge in [0, 0.05) is 12.7 Å². The Labute approximate surface area is 293 Å². The van der Waals surface area contributed by atoms with Crippen molar-refractivity contribution in [1.29, 1.82) is 0 Å². The summed E-state index contributed by atoms with van der Waals surface area (Å²) in [5.74, 6) is -2.39. The minimum Gasteiger partial charge on any atom is -0.468 e. The van der Waals surface area contributed by atoms with Crippen LogP contribution in [0.5, 0.6) is 0 Å². The number of nitrogens with one attached hydrogen (secondary N) is 2. The van der Waals surface area contributed by atoms with Gasteiger partial charge >= 0.3 is 12.1 Å². The summed E-state index contributed by atoms with van der Waals surface area (Å²) in [6, 6.07) is 22.7. The molecular weight excluding hydrogens is 640 g/mol. The van der Waals surface area contributed by atoms with E-state index in [1.54, 1.807) is 39.1 Å². The maximum atomic E-state index is 13.7. The Morgan fingerprint density at radius 2 is 1.68 bits per heavy atom. The van der Waals surface area contributed by atoms with Crippen LogP contribution in [-0.4, -0.2) is 84.5 Å². The molecule has 0 spiro atoms. The van der Waals surface area contributed by atoms with Crippen LogP contribution in [0.4, 0.5) is 4.79 Å². The topological polar surface area (TPSA) is 149 Å². The summed E-state index contributed by atoms with van der Waals surface area (Å²) in [6.07, 6.45) is 0.640. The molecule has 2 aliphatic heterocycles. The first-order valence-corrected chi connectivity index (χ1v) is 17.0. The molecule has 3 N–H and O–H groups in total. The van der Waals surface area contributed by atoms with Crippen LogP contribution >= 0.6 is 0 Å². The van der Waals surface area contributed by atoms with E-state index in [1.807, 2.05) is 48.5 Å². The van der Waals surface area contributed by atoms with Crippen molar-refractivity contribution in [3.05, 3.63) is 101 Å². The van der Waals surface area contributed by atoms with Gasteiger partial charge in [-0.1, -0.05) is 81.4 Å². The first kappa shape index (κ1) is 36.9. The molecule has 0 bridgehead atoms. The summed E-state index contributed by atoms with van der Waals surface area (Å²) < 4.78 is 21.9. The molecule has 1 aromatic heterocycles. The minimum absolute atomic E-state index is 0.0418. The van der Waals surface area contributed by atoms with Crippen LogP contribution in [0.25, 0.3) is 0 Å². The number of methoxy groups -OCH3 is 1. The van der Waals surface area contributed by atoms with E-state index < -0.39 is 47.6 Å². The van der Waals surface area contributed by atoms with Gasteiger partial charge in [0.25, 0.3) is 0 Å². The van der Waals surface area contributed by atoms with Crippen LogP contribution < -0.4 is 10.7 Å². The standard InChI is InChI=1S/C38H48N4O8/c1-38(2,3)33(35(45)47-4)34(44)40-30(21-27-15-13-26(14-16-27)20-25-10-6-5-7-11-25)31(43)23-42(22-28-12-8-9-18-39-28)41-37(46)50-32-24-49-36-29(32)17-19-48-36/h5-16,18,29-33,36,43H,17,19-24H2,1-4H3,(H,40,44)(H,41,46). The van der Waals surface area contributed by atoms with Crippen LogP contribution in [0, 0.1) is 17.3 Å². The lowest BCUT2D eigenvalue weighted by molar-refractivity contribution is -0.155. The van der Waals surface area contributed by atoms with Gasteiger partial charge in [0.15, 0.2) is 6.29 Å². The first-order valence-electron chi connectivity index (χ1n) is 17.0. The number of rotatable bonds is 14. The third-order valence-electron chi connectivity index (χ3n) is 9.07. The summed E-state index contributed by atoms with van der Waals surface area (Å²) in [5, 5.41) is 16.2. The number of nitrogens with zero attached hydrogens (tertiary/aromatic N) is 2. The third-order valence-corrected chi connectivity index (χ3v) is 9.07. The Bertz CT molecular complexity index is 1550. The monoisotopic (exact) mass is 688 g/mol. The molecule has 6 unspecified atom stereocenters. The number of hydrogen-bond acceptors (Lipinski definition) is 10. The predicted octanol–water partition coefficient (Wildman–Crippen LogP) is 3.80. The van der Waals surface area contributed by atoms with Gasteiger partial charge in [0.05, 0.1) is 50.6 Å². The van der Waals surface area contributed by atoms with E-state index in [2.05, 4.69) is 27.9 Å². The fourth-order valence-corrected chi connectivity index (χ4v) is 6.43. The number of benzene rings is 2. The number of aromatic nitrogens is 1. The maximum Gasteiger partial charge on any atom is 0.422 e. The number of carbonyl (C=O) groups is 3. The molecule has 2 fully saturated rings. The van der Waals surface area contributed by atoms with E-state index in [-0.39, 0.29) is 38.3 Å². The Balaban J connectivity index is 1.34. The highest BCUT2D eigenvalue weighted by molar-refractivity contribution is 5.98. The van der Waals surface area contributed by atoms with E-state index >= 15 is 0 Å². The first-order chi connectivity index (χ1) is 24.0.